The lowest BCUT2D eigenvalue weighted by molar-refractivity contribution is -0.159. The van der Waals surface area contributed by atoms with Gasteiger partial charge >= 0.3 is 5.97 Å². The second-order valence-corrected chi connectivity index (χ2v) is 6.78. The Kier molecular flexibility index (Phi) is 9.62. The molecule has 4 heteroatoms. The number of unbranched alkanes of at least 4 members (excludes halogenated alkanes) is 7. The maximum absolute atomic E-state index is 12.1. The Bertz CT molecular complexity index is 451. The van der Waals surface area contributed by atoms with Crippen LogP contribution in [-0.2, 0) is 14.3 Å². The number of carbonyl (C=O) groups excluding carboxylic acids is 2. The van der Waals surface area contributed by atoms with Gasteiger partial charge in [0, 0.05) is 6.92 Å². The zero-order valence-electron chi connectivity index (χ0n) is 15.1. The average molecular weight is 336 g/mol. The van der Waals surface area contributed by atoms with Crippen LogP contribution in [0.15, 0.2) is 24.3 Å². The molecular weight excluding hydrogens is 304 g/mol. The molecule has 0 saturated carbocycles. The van der Waals surface area contributed by atoms with Gasteiger partial charge in [0.25, 0.3) is 0 Å². The molecule has 0 aromatic heterocycles. The first-order valence-corrected chi connectivity index (χ1v) is 9.24. The highest BCUT2D eigenvalue weighted by atomic mass is 16.6. The van der Waals surface area contributed by atoms with Crippen molar-refractivity contribution in [2.75, 3.05) is 0 Å². The fraction of sp³-hybridized carbons (Fsp3) is 0.700. The maximum Gasteiger partial charge on any atom is 0.303 e. The van der Waals surface area contributed by atoms with E-state index in [-0.39, 0.29) is 11.9 Å². The maximum atomic E-state index is 12.1. The van der Waals surface area contributed by atoms with E-state index in [1.807, 2.05) is 6.92 Å². The van der Waals surface area contributed by atoms with Gasteiger partial charge in [-0.15, -0.1) is 0 Å². The molecule has 0 aliphatic heterocycles. The highest BCUT2D eigenvalue weighted by molar-refractivity contribution is 6.01. The lowest BCUT2D eigenvalue weighted by atomic mass is 9.87. The van der Waals surface area contributed by atoms with Crippen molar-refractivity contribution in [2.45, 2.75) is 89.8 Å². The number of carbonyl (C=O) groups is 2. The van der Waals surface area contributed by atoms with E-state index in [0.717, 1.165) is 32.1 Å². The predicted molar refractivity (Wildman–Crippen MR) is 95.6 cm³/mol. The fourth-order valence-corrected chi connectivity index (χ4v) is 3.06. The molecule has 0 spiro atoms. The molecule has 1 rings (SSSR count). The minimum atomic E-state index is -1.08. The number of allylic oxidation sites excluding steroid dienone is 2. The van der Waals surface area contributed by atoms with Gasteiger partial charge in [0.05, 0.1) is 6.10 Å². The summed E-state index contributed by atoms with van der Waals surface area (Å²) in [6.45, 7) is 3.18. The first-order valence-electron chi connectivity index (χ1n) is 9.24. The first-order chi connectivity index (χ1) is 11.5. The van der Waals surface area contributed by atoms with Gasteiger partial charge in [-0.25, -0.2) is 0 Å². The lowest BCUT2D eigenvalue weighted by Gasteiger charge is -2.29. The number of rotatable bonds is 12. The summed E-state index contributed by atoms with van der Waals surface area (Å²) in [4.78, 5) is 23.5. The van der Waals surface area contributed by atoms with Crippen molar-refractivity contribution in [3.05, 3.63) is 24.3 Å². The van der Waals surface area contributed by atoms with Gasteiger partial charge in [-0.3, -0.25) is 9.59 Å². The van der Waals surface area contributed by atoms with Gasteiger partial charge in [-0.1, -0.05) is 57.1 Å². The van der Waals surface area contributed by atoms with Gasteiger partial charge in [0.1, 0.15) is 0 Å². The van der Waals surface area contributed by atoms with E-state index in [4.69, 9.17) is 4.74 Å². The molecule has 1 N–H and O–H groups in total. The average Bonchev–Trinajstić information content (AvgIpc) is 2.51. The van der Waals surface area contributed by atoms with Crippen LogP contribution in [0.25, 0.3) is 0 Å². The second kappa shape index (κ2) is 11.2. The molecule has 0 amide bonds. The minimum Gasteiger partial charge on any atom is -0.447 e. The van der Waals surface area contributed by atoms with E-state index in [0.29, 0.717) is 6.42 Å². The molecule has 4 nitrogen and oxygen atoms in total. The summed E-state index contributed by atoms with van der Waals surface area (Å²) < 4.78 is 5.34. The monoisotopic (exact) mass is 336 g/mol. The number of aliphatic hydroxyl groups excluding tert-OH is 1. The summed E-state index contributed by atoms with van der Waals surface area (Å²) in [6.07, 6.45) is 16.9. The van der Waals surface area contributed by atoms with Crippen LogP contribution in [0.2, 0.25) is 0 Å². The molecule has 136 valence electrons. The zero-order chi connectivity index (χ0) is 17.8. The lowest BCUT2D eigenvalue weighted by Crippen LogP contribution is -2.41. The summed E-state index contributed by atoms with van der Waals surface area (Å²) in [5.74, 6) is -0.557. The smallest absolute Gasteiger partial charge is 0.303 e. The third kappa shape index (κ3) is 7.91. The molecule has 1 aliphatic rings. The van der Waals surface area contributed by atoms with E-state index in [1.54, 1.807) is 18.2 Å². The summed E-state index contributed by atoms with van der Waals surface area (Å²) in [5, 5.41) is 9.19. The minimum absolute atomic E-state index is 0.140. The normalized spacial score (nSPS) is 21.0. The third-order valence-electron chi connectivity index (χ3n) is 4.39. The van der Waals surface area contributed by atoms with Crippen LogP contribution in [0.1, 0.15) is 78.1 Å². The molecule has 1 aliphatic carbocycles. The fourth-order valence-electron chi connectivity index (χ4n) is 3.06. The predicted octanol–water partition coefficient (Wildman–Crippen LogP) is 4.27. The van der Waals surface area contributed by atoms with E-state index in [2.05, 4.69) is 0 Å². The molecule has 0 fully saturated rings. The van der Waals surface area contributed by atoms with E-state index >= 15 is 0 Å². The van der Waals surface area contributed by atoms with Crippen molar-refractivity contribution in [2.24, 2.45) is 0 Å². The van der Waals surface area contributed by atoms with E-state index < -0.39 is 11.6 Å². The second-order valence-electron chi connectivity index (χ2n) is 6.78. The zero-order valence-corrected chi connectivity index (χ0v) is 15.1. The van der Waals surface area contributed by atoms with Crippen LogP contribution in [-0.4, -0.2) is 28.6 Å². The van der Waals surface area contributed by atoms with Crippen LogP contribution in [0.4, 0.5) is 0 Å². The molecule has 24 heavy (non-hydrogen) atoms. The van der Waals surface area contributed by atoms with Gasteiger partial charge in [0.2, 0.25) is 5.78 Å². The Labute approximate surface area is 146 Å². The van der Waals surface area contributed by atoms with Gasteiger partial charge in [-0.05, 0) is 38.3 Å². The summed E-state index contributed by atoms with van der Waals surface area (Å²) in [7, 11) is 0. The number of ether oxygens (including phenoxy) is 1. The summed E-state index contributed by atoms with van der Waals surface area (Å²) >= 11 is 0. The molecule has 0 aromatic rings. The molecule has 2 unspecified atom stereocenters. The Morgan fingerprint density at radius 3 is 2.21 bits per heavy atom. The van der Waals surface area contributed by atoms with Gasteiger partial charge in [0.15, 0.2) is 5.60 Å². The molecule has 2 atom stereocenters. The Balaban J connectivity index is 2.16. The highest BCUT2D eigenvalue weighted by Gasteiger charge is 2.37. The number of hydrogen-bond acceptors (Lipinski definition) is 4. The molecular formula is C20H32O4. The number of hydrogen-bond donors (Lipinski definition) is 1. The quantitative estimate of drug-likeness (QED) is 0.427. The molecule has 0 bridgehead atoms. The number of ketones is 1. The summed E-state index contributed by atoms with van der Waals surface area (Å²) in [5.41, 5.74) is -1.08. The molecule has 0 radical (unpaired) electrons. The van der Waals surface area contributed by atoms with Crippen molar-refractivity contribution in [3.63, 3.8) is 0 Å². The number of aliphatic hydroxyl groups is 1. The van der Waals surface area contributed by atoms with Crippen LogP contribution in [0, 0.1) is 0 Å². The van der Waals surface area contributed by atoms with E-state index in [1.165, 1.54) is 38.7 Å². The third-order valence-corrected chi connectivity index (χ3v) is 4.39. The van der Waals surface area contributed by atoms with Gasteiger partial charge < -0.3 is 9.84 Å². The molecule has 0 aromatic carbocycles. The highest BCUT2D eigenvalue weighted by Crippen LogP contribution is 2.27. The Hall–Kier alpha value is -1.42. The number of esters is 1. The molecule has 0 saturated heterocycles. The van der Waals surface area contributed by atoms with Crippen LogP contribution >= 0.6 is 0 Å². The van der Waals surface area contributed by atoms with Gasteiger partial charge in [-0.2, -0.15) is 0 Å². The summed E-state index contributed by atoms with van der Waals surface area (Å²) in [6, 6.07) is 0. The SMILES string of the molecule is CC(=O)OC1(CCCCCCCCCCC(C)O)C=CC=CC1=O. The largest absolute Gasteiger partial charge is 0.447 e. The Morgan fingerprint density at radius 1 is 1.08 bits per heavy atom. The van der Waals surface area contributed by atoms with Crippen LogP contribution < -0.4 is 0 Å². The standard InChI is InChI=1S/C20H32O4/c1-17(21)13-9-7-5-3-4-6-8-11-15-20(24-18(2)22)16-12-10-14-19(20)23/h10,12,14,16-17,21H,3-9,11,13,15H2,1-2H3. The first kappa shape index (κ1) is 20.6. The van der Waals surface area contributed by atoms with Crippen molar-refractivity contribution in [1.29, 1.82) is 0 Å². The van der Waals surface area contributed by atoms with Crippen molar-refractivity contribution in [3.8, 4) is 0 Å². The molecule has 0 heterocycles. The van der Waals surface area contributed by atoms with Crippen LogP contribution in [0.3, 0.4) is 0 Å². The van der Waals surface area contributed by atoms with E-state index in [9.17, 15) is 14.7 Å². The van der Waals surface area contributed by atoms with Crippen molar-refractivity contribution in [1.82, 2.24) is 0 Å². The Morgan fingerprint density at radius 2 is 1.67 bits per heavy atom. The van der Waals surface area contributed by atoms with Crippen LogP contribution in [0.5, 0.6) is 0 Å². The van der Waals surface area contributed by atoms with Crippen molar-refractivity contribution < 1.29 is 19.4 Å². The van der Waals surface area contributed by atoms with Crippen molar-refractivity contribution >= 4 is 11.8 Å². The topological polar surface area (TPSA) is 63.6 Å².